The van der Waals surface area contributed by atoms with Crippen LogP contribution in [-0.4, -0.2) is 35.0 Å². The van der Waals surface area contributed by atoms with Crippen LogP contribution in [0.15, 0.2) is 84.9 Å². The molecule has 2 heterocycles. The Morgan fingerprint density at radius 1 is 0.878 bits per heavy atom. The molecule has 4 aromatic carbocycles. The van der Waals surface area contributed by atoms with E-state index in [4.69, 9.17) is 23.9 Å². The summed E-state index contributed by atoms with van der Waals surface area (Å²) in [7, 11) is 1.52. The standard InChI is InChI=1S/C33H31FN2O5/c1-33(20-39-21-33)36-27-15-24(17-37)13-14-26(27)35-32(36)25-16-28(38-2)30(40-18-22-9-5-3-6-10-22)31(29(25)34)41-19-23-11-7-4-8-12-23/h3-16,37H,17-21H2,1-2H3. The van der Waals surface area contributed by atoms with Crippen molar-refractivity contribution in [2.45, 2.75) is 32.3 Å². The smallest absolute Gasteiger partial charge is 0.207 e. The lowest BCUT2D eigenvalue weighted by Gasteiger charge is -2.41. The first-order valence-electron chi connectivity index (χ1n) is 13.5. The zero-order valence-electron chi connectivity index (χ0n) is 23.0. The van der Waals surface area contributed by atoms with E-state index in [-0.39, 0.29) is 36.9 Å². The lowest BCUT2D eigenvalue weighted by Crippen LogP contribution is -2.49. The summed E-state index contributed by atoms with van der Waals surface area (Å²) >= 11 is 0. The summed E-state index contributed by atoms with van der Waals surface area (Å²) in [6.07, 6.45) is 0. The third-order valence-electron chi connectivity index (χ3n) is 7.32. The zero-order valence-corrected chi connectivity index (χ0v) is 23.0. The molecule has 0 atom stereocenters. The Kier molecular flexibility index (Phi) is 7.34. The van der Waals surface area contributed by atoms with Crippen LogP contribution in [0.5, 0.6) is 17.2 Å². The average molecular weight is 555 g/mol. The first-order valence-corrected chi connectivity index (χ1v) is 13.5. The first kappa shape index (κ1) is 26.8. The van der Waals surface area contributed by atoms with Gasteiger partial charge in [0, 0.05) is 0 Å². The maximum Gasteiger partial charge on any atom is 0.207 e. The average Bonchev–Trinajstić information content (AvgIpc) is 3.38. The lowest BCUT2D eigenvalue weighted by atomic mass is 9.98. The van der Waals surface area contributed by atoms with Crippen LogP contribution in [0.2, 0.25) is 0 Å². The van der Waals surface area contributed by atoms with E-state index in [1.165, 1.54) is 7.11 Å². The van der Waals surface area contributed by atoms with Gasteiger partial charge in [0.25, 0.3) is 0 Å². The van der Waals surface area contributed by atoms with Gasteiger partial charge in [-0.1, -0.05) is 66.7 Å². The molecular weight excluding hydrogens is 523 g/mol. The van der Waals surface area contributed by atoms with Gasteiger partial charge in [0.15, 0.2) is 11.6 Å². The number of aliphatic hydroxyl groups is 1. The molecule has 1 N–H and O–H groups in total. The van der Waals surface area contributed by atoms with Gasteiger partial charge in [-0.25, -0.2) is 9.37 Å². The lowest BCUT2D eigenvalue weighted by molar-refractivity contribution is -0.0868. The van der Waals surface area contributed by atoms with Crippen LogP contribution in [0.4, 0.5) is 4.39 Å². The molecule has 6 rings (SSSR count). The van der Waals surface area contributed by atoms with Gasteiger partial charge in [-0.3, -0.25) is 0 Å². The maximum atomic E-state index is 16.7. The van der Waals surface area contributed by atoms with Gasteiger partial charge >= 0.3 is 0 Å². The van der Waals surface area contributed by atoms with Crippen molar-refractivity contribution in [2.24, 2.45) is 0 Å². The van der Waals surface area contributed by atoms with Crippen molar-refractivity contribution in [3.63, 3.8) is 0 Å². The molecule has 5 aromatic rings. The Morgan fingerprint density at radius 3 is 2.07 bits per heavy atom. The van der Waals surface area contributed by atoms with E-state index in [1.54, 1.807) is 6.07 Å². The summed E-state index contributed by atoms with van der Waals surface area (Å²) in [4.78, 5) is 4.86. The predicted octanol–water partition coefficient (Wildman–Crippen LogP) is 6.25. The fourth-order valence-electron chi connectivity index (χ4n) is 5.11. The third kappa shape index (κ3) is 5.12. The summed E-state index contributed by atoms with van der Waals surface area (Å²) < 4.78 is 42.4. The molecule has 0 aliphatic carbocycles. The number of hydrogen-bond acceptors (Lipinski definition) is 6. The largest absolute Gasteiger partial charge is 0.493 e. The molecule has 0 spiro atoms. The molecule has 0 bridgehead atoms. The van der Waals surface area contributed by atoms with Crippen molar-refractivity contribution in [1.82, 2.24) is 9.55 Å². The van der Waals surface area contributed by atoms with Gasteiger partial charge < -0.3 is 28.6 Å². The molecule has 1 saturated heterocycles. The van der Waals surface area contributed by atoms with Crippen molar-refractivity contribution in [3.05, 3.63) is 107 Å². The summed E-state index contributed by atoms with van der Waals surface area (Å²) in [6.45, 7) is 3.17. The molecule has 8 heteroatoms. The molecule has 0 saturated carbocycles. The molecule has 0 unspecified atom stereocenters. The summed E-state index contributed by atoms with van der Waals surface area (Å²) in [6, 6.07) is 26.3. The third-order valence-corrected chi connectivity index (χ3v) is 7.32. The summed E-state index contributed by atoms with van der Waals surface area (Å²) in [5.74, 6) is 0.259. The van der Waals surface area contributed by atoms with Crippen molar-refractivity contribution in [1.29, 1.82) is 0 Å². The molecule has 1 aliphatic rings. The SMILES string of the molecule is COc1cc(-c2nc3ccc(CO)cc3n2C2(C)COC2)c(F)c(OCc2ccccc2)c1OCc1ccccc1. The Labute approximate surface area is 237 Å². The van der Waals surface area contributed by atoms with E-state index >= 15 is 4.39 Å². The van der Waals surface area contributed by atoms with Crippen molar-refractivity contribution in [2.75, 3.05) is 20.3 Å². The maximum absolute atomic E-state index is 16.7. The molecule has 0 amide bonds. The van der Waals surface area contributed by atoms with Crippen molar-refractivity contribution >= 4 is 11.0 Å². The number of imidazole rings is 1. The van der Waals surface area contributed by atoms with Gasteiger partial charge in [0.1, 0.15) is 19.0 Å². The van der Waals surface area contributed by atoms with Gasteiger partial charge in [-0.05, 0) is 41.8 Å². The van der Waals surface area contributed by atoms with Crippen LogP contribution in [0.1, 0.15) is 23.6 Å². The summed E-state index contributed by atoms with van der Waals surface area (Å²) in [5, 5.41) is 9.79. The van der Waals surface area contributed by atoms with Gasteiger partial charge in [-0.15, -0.1) is 0 Å². The van der Waals surface area contributed by atoms with E-state index in [9.17, 15) is 5.11 Å². The Balaban J connectivity index is 1.51. The number of aromatic nitrogens is 2. The van der Waals surface area contributed by atoms with Crippen molar-refractivity contribution < 1.29 is 28.4 Å². The quantitative estimate of drug-likeness (QED) is 0.220. The highest BCUT2D eigenvalue weighted by Crippen LogP contribution is 2.47. The van der Waals surface area contributed by atoms with Crippen LogP contribution in [0, 0.1) is 5.82 Å². The van der Waals surface area contributed by atoms with Crippen molar-refractivity contribution in [3.8, 4) is 28.6 Å². The van der Waals surface area contributed by atoms with E-state index < -0.39 is 11.4 Å². The van der Waals surface area contributed by atoms with Crippen LogP contribution < -0.4 is 14.2 Å². The Bertz CT molecular complexity index is 1670. The number of nitrogens with zero attached hydrogens (tertiary/aromatic N) is 2. The van der Waals surface area contributed by atoms with E-state index in [2.05, 4.69) is 0 Å². The number of aliphatic hydroxyl groups excluding tert-OH is 1. The molecule has 1 aromatic heterocycles. The van der Waals surface area contributed by atoms with Gasteiger partial charge in [0.05, 0.1) is 49.1 Å². The van der Waals surface area contributed by atoms with Crippen LogP contribution in [-0.2, 0) is 30.1 Å². The van der Waals surface area contributed by atoms with Crippen LogP contribution in [0.3, 0.4) is 0 Å². The minimum Gasteiger partial charge on any atom is -0.493 e. The molecular formula is C33H31FN2O5. The second-order valence-corrected chi connectivity index (χ2v) is 10.4. The minimum absolute atomic E-state index is 0.0520. The Hall–Kier alpha value is -4.40. The van der Waals surface area contributed by atoms with Gasteiger partial charge in [0.2, 0.25) is 11.5 Å². The fraction of sp³-hybridized carbons (Fsp3) is 0.242. The zero-order chi connectivity index (χ0) is 28.4. The summed E-state index contributed by atoms with van der Waals surface area (Å²) in [5.41, 5.74) is 3.77. The van der Waals surface area contributed by atoms with Crippen LogP contribution in [0.25, 0.3) is 22.4 Å². The monoisotopic (exact) mass is 554 g/mol. The number of hydrogen-bond donors (Lipinski definition) is 1. The second-order valence-electron chi connectivity index (χ2n) is 10.4. The van der Waals surface area contributed by atoms with E-state index in [0.717, 1.165) is 22.2 Å². The fourth-order valence-corrected chi connectivity index (χ4v) is 5.11. The highest BCUT2D eigenvalue weighted by Gasteiger charge is 2.40. The highest BCUT2D eigenvalue weighted by molar-refractivity contribution is 5.83. The highest BCUT2D eigenvalue weighted by atomic mass is 19.1. The van der Waals surface area contributed by atoms with Gasteiger partial charge in [-0.2, -0.15) is 0 Å². The molecule has 7 nitrogen and oxygen atoms in total. The molecule has 0 radical (unpaired) electrons. The van der Waals surface area contributed by atoms with E-state index in [1.807, 2.05) is 90.4 Å². The molecule has 41 heavy (non-hydrogen) atoms. The number of benzene rings is 4. The minimum atomic E-state index is -0.604. The number of methoxy groups -OCH3 is 1. The first-order chi connectivity index (χ1) is 20.0. The number of ether oxygens (including phenoxy) is 4. The second kappa shape index (κ2) is 11.2. The molecule has 1 aliphatic heterocycles. The van der Waals surface area contributed by atoms with Crippen LogP contribution >= 0.6 is 0 Å². The Morgan fingerprint density at radius 2 is 1.51 bits per heavy atom. The number of fused-ring (bicyclic) bond motifs is 1. The molecule has 1 fully saturated rings. The molecule has 210 valence electrons. The normalized spacial score (nSPS) is 14.0. The van der Waals surface area contributed by atoms with E-state index in [0.29, 0.717) is 30.3 Å². The number of rotatable bonds is 10. The topological polar surface area (TPSA) is 75.0 Å². The number of halogens is 1. The predicted molar refractivity (Wildman–Crippen MR) is 154 cm³/mol.